The molecule has 3 aromatic rings. The Kier molecular flexibility index (Phi) is 12.0. The zero-order chi connectivity index (χ0) is 28.3. The molecule has 0 saturated heterocycles. The maximum atomic E-state index is 14.2. The monoisotopic (exact) mass is 656 g/mol. The standard InChI is InChI=1S/C25H23F6INO3.C2H6/c1-32-24(28,29)22(34)16-33(15-17-7-5-12-21(13-17)36-25(30,31)23(26)27)18-8-6-11-20(14-18)35-19-9-3-2-4-10-19;1-2/h2-14,22-23,34H,15-16H2,1H3;1-2H3/q-1;/t22-;/m1./s1. The van der Waals surface area contributed by atoms with Crippen molar-refractivity contribution >= 4 is 5.69 Å². The van der Waals surface area contributed by atoms with Crippen LogP contribution in [0.4, 0.5) is 32.0 Å². The molecule has 0 aromatic heterocycles. The van der Waals surface area contributed by atoms with Gasteiger partial charge in [-0.3, -0.25) is 0 Å². The van der Waals surface area contributed by atoms with Crippen LogP contribution in [0.25, 0.3) is 0 Å². The number of rotatable bonds is 12. The molecule has 11 heteroatoms. The van der Waals surface area contributed by atoms with Gasteiger partial charge >= 0.3 is 215 Å². The average molecular weight is 656 g/mol. The Hall–Kier alpha value is -2.67. The Morgan fingerprint density at radius 2 is 1.45 bits per heavy atom. The zero-order valence-corrected chi connectivity index (χ0v) is 23.1. The van der Waals surface area contributed by atoms with Crippen LogP contribution >= 0.6 is 0 Å². The summed E-state index contributed by atoms with van der Waals surface area (Å²) in [5, 5.41) is 10.3. The first-order valence-electron chi connectivity index (χ1n) is 11.6. The predicted octanol–water partition coefficient (Wildman–Crippen LogP) is 4.42. The zero-order valence-electron chi connectivity index (χ0n) is 20.9. The number of alkyl halides is 8. The molecule has 0 radical (unpaired) electrons. The van der Waals surface area contributed by atoms with Gasteiger partial charge in [-0.1, -0.05) is 13.8 Å². The van der Waals surface area contributed by atoms with Crippen LogP contribution < -0.4 is 35.6 Å². The van der Waals surface area contributed by atoms with E-state index < -0.39 is 56.1 Å². The van der Waals surface area contributed by atoms with Crippen LogP contribution in [0.15, 0.2) is 78.9 Å². The molecule has 0 bridgehead atoms. The van der Waals surface area contributed by atoms with Crippen LogP contribution in [-0.4, -0.2) is 39.1 Å². The number of hydrogen-bond donors (Lipinski definition) is 1. The summed E-state index contributed by atoms with van der Waals surface area (Å²) in [6, 6.07) is 20.4. The van der Waals surface area contributed by atoms with Gasteiger partial charge < -0.3 is 0 Å². The quantitative estimate of drug-likeness (QED) is 0.178. The number of anilines is 1. The van der Waals surface area contributed by atoms with Crippen LogP contribution in [0.5, 0.6) is 17.2 Å². The van der Waals surface area contributed by atoms with Gasteiger partial charge in [-0.25, -0.2) is 0 Å². The molecule has 0 aliphatic rings. The van der Waals surface area contributed by atoms with E-state index in [0.29, 0.717) is 22.7 Å². The van der Waals surface area contributed by atoms with Gasteiger partial charge in [-0.2, -0.15) is 0 Å². The molecule has 0 fully saturated rings. The van der Waals surface area contributed by atoms with Gasteiger partial charge in [0, 0.05) is 0 Å². The number of para-hydroxylation sites is 1. The van der Waals surface area contributed by atoms with Crippen molar-refractivity contribution in [1.29, 1.82) is 0 Å². The Balaban J connectivity index is 0.00000247. The summed E-state index contributed by atoms with van der Waals surface area (Å²) in [5.74, 6) is 0.444. The van der Waals surface area contributed by atoms with Crippen molar-refractivity contribution in [2.45, 2.75) is 43.0 Å². The fraction of sp³-hybridized carbons (Fsp3) is 0.333. The molecule has 0 heterocycles. The molecule has 1 atom stereocenters. The number of hydrogen-bond acceptors (Lipinski definition) is 4. The third-order valence-corrected chi connectivity index (χ3v) is 7.12. The van der Waals surface area contributed by atoms with Crippen molar-refractivity contribution in [1.82, 2.24) is 0 Å². The molecule has 3 aromatic carbocycles. The summed E-state index contributed by atoms with van der Waals surface area (Å²) in [7, 11) is 0. The minimum atomic E-state index is -4.69. The first-order valence-corrected chi connectivity index (χ1v) is 14.8. The molecule has 0 spiro atoms. The first-order chi connectivity index (χ1) is 18.0. The molecule has 0 aliphatic carbocycles. The van der Waals surface area contributed by atoms with Gasteiger partial charge in [0.25, 0.3) is 0 Å². The van der Waals surface area contributed by atoms with E-state index in [1.807, 2.05) is 19.9 Å². The molecule has 0 amide bonds. The van der Waals surface area contributed by atoms with E-state index in [4.69, 9.17) is 4.74 Å². The second kappa shape index (κ2) is 14.5. The van der Waals surface area contributed by atoms with Gasteiger partial charge in [0.1, 0.15) is 0 Å². The van der Waals surface area contributed by atoms with E-state index in [2.05, 4.69) is 4.74 Å². The van der Waals surface area contributed by atoms with Crippen LogP contribution in [0.1, 0.15) is 19.4 Å². The Bertz CT molecular complexity index is 1120. The van der Waals surface area contributed by atoms with E-state index in [9.17, 15) is 31.4 Å². The van der Waals surface area contributed by atoms with Crippen molar-refractivity contribution in [3.63, 3.8) is 0 Å². The molecule has 210 valence electrons. The normalized spacial score (nSPS) is 12.5. The number of aliphatic hydroxyl groups is 1. The fourth-order valence-corrected chi connectivity index (χ4v) is 4.11. The summed E-state index contributed by atoms with van der Waals surface area (Å²) in [5.41, 5.74) is 0.727. The molecule has 0 saturated carbocycles. The minimum absolute atomic E-state index is 0.110. The second-order valence-corrected chi connectivity index (χ2v) is 10.2. The van der Waals surface area contributed by atoms with Gasteiger partial charge in [-0.15, -0.1) is 0 Å². The molecular weight excluding hydrogens is 627 g/mol. The van der Waals surface area contributed by atoms with E-state index in [1.54, 1.807) is 48.5 Å². The van der Waals surface area contributed by atoms with Crippen molar-refractivity contribution in [2.24, 2.45) is 0 Å². The molecule has 0 aliphatic heterocycles. The van der Waals surface area contributed by atoms with Gasteiger partial charge in [-0.05, 0) is 0 Å². The van der Waals surface area contributed by atoms with Crippen LogP contribution in [0, 0.1) is 0 Å². The van der Waals surface area contributed by atoms with E-state index in [1.165, 1.54) is 22.0 Å². The van der Waals surface area contributed by atoms with Crippen LogP contribution in [0.2, 0.25) is 0 Å². The van der Waals surface area contributed by atoms with Crippen molar-refractivity contribution in [3.05, 3.63) is 84.4 Å². The van der Waals surface area contributed by atoms with E-state index in [0.717, 1.165) is 12.1 Å². The Morgan fingerprint density at radius 1 is 0.842 bits per heavy atom. The van der Waals surface area contributed by atoms with Crippen molar-refractivity contribution in [3.8, 4) is 17.2 Å². The van der Waals surface area contributed by atoms with Crippen molar-refractivity contribution < 1.29 is 62.1 Å². The SMILES string of the molecule is CC.C[I-]C(F)(F)[C@H](O)CN(Cc1cccc(OC(F)(F)C(F)F)c1)c1cccc(Oc2ccccc2)c1. The fourth-order valence-electron chi connectivity index (χ4n) is 3.20. The summed E-state index contributed by atoms with van der Waals surface area (Å²) in [6.07, 6.45) is -10.7. The van der Waals surface area contributed by atoms with Gasteiger partial charge in [0.05, 0.1) is 0 Å². The summed E-state index contributed by atoms with van der Waals surface area (Å²) < 4.78 is 86.9. The first kappa shape index (κ1) is 31.5. The molecule has 0 unspecified atom stereocenters. The molecule has 3 rings (SSSR count). The molecular formula is C27H29F6INO3-. The van der Waals surface area contributed by atoms with E-state index >= 15 is 0 Å². The summed E-state index contributed by atoms with van der Waals surface area (Å²) in [4.78, 5) is 2.78. The number of nitrogens with zero attached hydrogens (tertiary/aromatic N) is 1. The second-order valence-electron chi connectivity index (χ2n) is 7.65. The number of ether oxygens (including phenoxy) is 2. The van der Waals surface area contributed by atoms with Crippen LogP contribution in [0.3, 0.4) is 0 Å². The third kappa shape index (κ3) is 9.26. The summed E-state index contributed by atoms with van der Waals surface area (Å²) >= 11 is -1.62. The molecule has 4 nitrogen and oxygen atoms in total. The Morgan fingerprint density at radius 3 is 2.08 bits per heavy atom. The van der Waals surface area contributed by atoms with E-state index in [-0.39, 0.29) is 6.54 Å². The average Bonchev–Trinajstić information content (AvgIpc) is 2.90. The predicted molar refractivity (Wildman–Crippen MR) is 130 cm³/mol. The molecule has 1 N–H and O–H groups in total. The van der Waals surface area contributed by atoms with Crippen LogP contribution in [-0.2, 0) is 6.54 Å². The Labute approximate surface area is 228 Å². The number of benzene rings is 3. The van der Waals surface area contributed by atoms with Gasteiger partial charge in [0.15, 0.2) is 0 Å². The van der Waals surface area contributed by atoms with Gasteiger partial charge in [0.2, 0.25) is 0 Å². The number of halogens is 7. The van der Waals surface area contributed by atoms with Crippen molar-refractivity contribution in [2.75, 3.05) is 16.4 Å². The summed E-state index contributed by atoms with van der Waals surface area (Å²) in [6.45, 7) is 3.41. The topological polar surface area (TPSA) is 41.9 Å². The maximum absolute atomic E-state index is 14.2. The molecule has 38 heavy (non-hydrogen) atoms. The number of aliphatic hydroxyl groups excluding tert-OH is 1. The third-order valence-electron chi connectivity index (χ3n) is 4.96.